The molecule has 3 heteroatoms. The van der Waals surface area contributed by atoms with Crippen LogP contribution in [0.4, 0.5) is 11.4 Å². The fourth-order valence-corrected chi connectivity index (χ4v) is 3.06. The maximum Gasteiger partial charge on any atom is 0.0602 e. The van der Waals surface area contributed by atoms with Crippen LogP contribution in [0.5, 0.6) is 0 Å². The van der Waals surface area contributed by atoms with E-state index in [1.54, 1.807) is 0 Å². The number of hydrogen-bond acceptors (Lipinski definition) is 3. The van der Waals surface area contributed by atoms with Crippen LogP contribution in [0.1, 0.15) is 25.7 Å². The van der Waals surface area contributed by atoms with Crippen molar-refractivity contribution < 1.29 is 4.74 Å². The maximum absolute atomic E-state index is 5.42. The first-order valence-electron chi connectivity index (χ1n) is 7.59. The first-order chi connectivity index (χ1) is 9.43. The third-order valence-electron chi connectivity index (χ3n) is 4.27. The van der Waals surface area contributed by atoms with Crippen molar-refractivity contribution in [3.8, 4) is 0 Å². The molecule has 1 N–H and O–H groups in total. The molecule has 0 spiro atoms. The van der Waals surface area contributed by atoms with Crippen LogP contribution in [0.2, 0.25) is 0 Å². The van der Waals surface area contributed by atoms with E-state index in [2.05, 4.69) is 34.5 Å². The summed E-state index contributed by atoms with van der Waals surface area (Å²) in [4.78, 5) is 2.51. The lowest BCUT2D eigenvalue weighted by atomic mass is 10.0. The van der Waals surface area contributed by atoms with E-state index in [4.69, 9.17) is 4.74 Å². The van der Waals surface area contributed by atoms with Gasteiger partial charge >= 0.3 is 0 Å². The summed E-state index contributed by atoms with van der Waals surface area (Å²) >= 11 is 0. The van der Waals surface area contributed by atoms with E-state index in [1.165, 1.54) is 50.1 Å². The smallest absolute Gasteiger partial charge is 0.0602 e. The van der Waals surface area contributed by atoms with Gasteiger partial charge in [-0.05, 0) is 43.7 Å². The Labute approximate surface area is 115 Å². The van der Waals surface area contributed by atoms with Gasteiger partial charge in [0.2, 0.25) is 0 Å². The largest absolute Gasteiger partial charge is 0.383 e. The Hall–Kier alpha value is -1.22. The average molecular weight is 260 g/mol. The highest BCUT2D eigenvalue weighted by molar-refractivity contribution is 5.70. The molecule has 0 atom stereocenters. The molecule has 2 aliphatic rings. The first kappa shape index (κ1) is 12.8. The Bertz CT molecular complexity index is 395. The molecule has 0 radical (unpaired) electrons. The summed E-state index contributed by atoms with van der Waals surface area (Å²) in [7, 11) is 0. The van der Waals surface area contributed by atoms with E-state index in [0.29, 0.717) is 0 Å². The minimum atomic E-state index is 0.764. The van der Waals surface area contributed by atoms with Gasteiger partial charge in [-0.2, -0.15) is 0 Å². The summed E-state index contributed by atoms with van der Waals surface area (Å²) < 4.78 is 5.42. The Kier molecular flexibility index (Phi) is 4.23. The van der Waals surface area contributed by atoms with Crippen LogP contribution in [-0.2, 0) is 4.74 Å². The van der Waals surface area contributed by atoms with E-state index in [0.717, 1.165) is 25.7 Å². The Morgan fingerprint density at radius 3 is 2.63 bits per heavy atom. The molecule has 2 saturated heterocycles. The molecule has 2 fully saturated rings. The quantitative estimate of drug-likeness (QED) is 0.900. The molecule has 0 saturated carbocycles. The number of benzene rings is 1. The van der Waals surface area contributed by atoms with Gasteiger partial charge in [-0.1, -0.05) is 12.1 Å². The number of hydrogen-bond donors (Lipinski definition) is 1. The third kappa shape index (κ3) is 3.21. The highest BCUT2D eigenvalue weighted by Gasteiger charge is 2.17. The van der Waals surface area contributed by atoms with Crippen molar-refractivity contribution >= 4 is 11.4 Å². The number of anilines is 2. The van der Waals surface area contributed by atoms with Crippen molar-refractivity contribution in [1.82, 2.24) is 0 Å². The fourth-order valence-electron chi connectivity index (χ4n) is 3.06. The molecular formula is C16H24N2O. The highest BCUT2D eigenvalue weighted by atomic mass is 16.5. The SMILES string of the molecule is c1ccc(N2CCCC2)c(NCC2CCOCC2)c1. The summed E-state index contributed by atoms with van der Waals surface area (Å²) in [6.07, 6.45) is 5.04. The van der Waals surface area contributed by atoms with Gasteiger partial charge in [0, 0.05) is 32.8 Å². The number of ether oxygens (including phenoxy) is 1. The topological polar surface area (TPSA) is 24.5 Å². The van der Waals surface area contributed by atoms with E-state index < -0.39 is 0 Å². The van der Waals surface area contributed by atoms with E-state index in [-0.39, 0.29) is 0 Å². The zero-order valence-electron chi connectivity index (χ0n) is 11.6. The van der Waals surface area contributed by atoms with Crippen LogP contribution in [0.25, 0.3) is 0 Å². The number of nitrogens with zero attached hydrogens (tertiary/aromatic N) is 1. The van der Waals surface area contributed by atoms with Gasteiger partial charge in [0.1, 0.15) is 0 Å². The summed E-state index contributed by atoms with van der Waals surface area (Å²) in [6, 6.07) is 8.74. The zero-order valence-corrected chi connectivity index (χ0v) is 11.6. The van der Waals surface area contributed by atoms with Crippen molar-refractivity contribution in [2.45, 2.75) is 25.7 Å². The normalized spacial score (nSPS) is 20.7. The molecular weight excluding hydrogens is 236 g/mol. The van der Waals surface area contributed by atoms with Crippen molar-refractivity contribution in [2.24, 2.45) is 5.92 Å². The fraction of sp³-hybridized carbons (Fsp3) is 0.625. The predicted molar refractivity (Wildman–Crippen MR) is 79.9 cm³/mol. The molecule has 0 unspecified atom stereocenters. The van der Waals surface area contributed by atoms with Gasteiger partial charge in [-0.3, -0.25) is 0 Å². The lowest BCUT2D eigenvalue weighted by Crippen LogP contribution is -2.24. The minimum absolute atomic E-state index is 0.764. The monoisotopic (exact) mass is 260 g/mol. The molecule has 1 aromatic carbocycles. The van der Waals surface area contributed by atoms with Crippen molar-refractivity contribution in [3.63, 3.8) is 0 Å². The lowest BCUT2D eigenvalue weighted by Gasteiger charge is -2.25. The van der Waals surface area contributed by atoms with Crippen LogP contribution in [0.15, 0.2) is 24.3 Å². The molecule has 2 aliphatic heterocycles. The lowest BCUT2D eigenvalue weighted by molar-refractivity contribution is 0.0699. The highest BCUT2D eigenvalue weighted by Crippen LogP contribution is 2.29. The van der Waals surface area contributed by atoms with Crippen molar-refractivity contribution in [2.75, 3.05) is 43.1 Å². The van der Waals surface area contributed by atoms with Gasteiger partial charge in [-0.25, -0.2) is 0 Å². The van der Waals surface area contributed by atoms with Gasteiger partial charge in [0.15, 0.2) is 0 Å². The Morgan fingerprint density at radius 2 is 1.84 bits per heavy atom. The van der Waals surface area contributed by atoms with Crippen LogP contribution in [0, 0.1) is 5.92 Å². The Morgan fingerprint density at radius 1 is 1.11 bits per heavy atom. The Balaban J connectivity index is 1.62. The van der Waals surface area contributed by atoms with Gasteiger partial charge in [0.25, 0.3) is 0 Å². The van der Waals surface area contributed by atoms with E-state index >= 15 is 0 Å². The summed E-state index contributed by atoms with van der Waals surface area (Å²) in [5.41, 5.74) is 2.68. The van der Waals surface area contributed by atoms with E-state index in [1.807, 2.05) is 0 Å². The molecule has 104 valence electrons. The minimum Gasteiger partial charge on any atom is -0.383 e. The number of rotatable bonds is 4. The van der Waals surface area contributed by atoms with Gasteiger partial charge in [-0.15, -0.1) is 0 Å². The molecule has 3 nitrogen and oxygen atoms in total. The van der Waals surface area contributed by atoms with Crippen LogP contribution >= 0.6 is 0 Å². The molecule has 2 heterocycles. The molecule has 0 amide bonds. The molecule has 19 heavy (non-hydrogen) atoms. The second-order valence-electron chi connectivity index (χ2n) is 5.65. The van der Waals surface area contributed by atoms with Crippen molar-refractivity contribution in [1.29, 1.82) is 0 Å². The second kappa shape index (κ2) is 6.29. The van der Waals surface area contributed by atoms with Crippen LogP contribution < -0.4 is 10.2 Å². The maximum atomic E-state index is 5.42. The molecule has 1 aromatic rings. The van der Waals surface area contributed by atoms with Gasteiger partial charge < -0.3 is 15.0 Å². The molecule has 0 aromatic heterocycles. The second-order valence-corrected chi connectivity index (χ2v) is 5.65. The number of para-hydroxylation sites is 2. The average Bonchev–Trinajstić information content (AvgIpc) is 3.01. The third-order valence-corrected chi connectivity index (χ3v) is 4.27. The summed E-state index contributed by atoms with van der Waals surface area (Å²) in [6.45, 7) is 5.35. The summed E-state index contributed by atoms with van der Waals surface area (Å²) in [5, 5.41) is 3.66. The van der Waals surface area contributed by atoms with Crippen LogP contribution in [0.3, 0.4) is 0 Å². The molecule has 3 rings (SSSR count). The first-order valence-corrected chi connectivity index (χ1v) is 7.59. The molecule has 0 aliphatic carbocycles. The van der Waals surface area contributed by atoms with E-state index in [9.17, 15) is 0 Å². The summed E-state index contributed by atoms with van der Waals surface area (Å²) in [5.74, 6) is 0.764. The zero-order chi connectivity index (χ0) is 12.9. The standard InChI is InChI=1S/C16H24N2O/c1-2-6-16(18-9-3-4-10-18)15(5-1)17-13-14-7-11-19-12-8-14/h1-2,5-6,14,17H,3-4,7-13H2. The predicted octanol–water partition coefficient (Wildman–Crippen LogP) is 3.13. The number of nitrogens with one attached hydrogen (secondary N) is 1. The molecule has 0 bridgehead atoms. The van der Waals surface area contributed by atoms with Crippen LogP contribution in [-0.4, -0.2) is 32.8 Å². The van der Waals surface area contributed by atoms with Gasteiger partial charge in [0.05, 0.1) is 11.4 Å². The van der Waals surface area contributed by atoms with Crippen molar-refractivity contribution in [3.05, 3.63) is 24.3 Å².